The minimum Gasteiger partial charge on any atom is -0.398 e. The Morgan fingerprint density at radius 3 is 2.67 bits per heavy atom. The van der Waals surface area contributed by atoms with Crippen LogP contribution in [0.5, 0.6) is 0 Å². The van der Waals surface area contributed by atoms with E-state index in [1.807, 2.05) is 0 Å². The Kier molecular flexibility index (Phi) is 5.51. The third-order valence-corrected chi connectivity index (χ3v) is 4.38. The van der Waals surface area contributed by atoms with Gasteiger partial charge in [-0.2, -0.15) is 0 Å². The van der Waals surface area contributed by atoms with Gasteiger partial charge in [0.25, 0.3) is 0 Å². The van der Waals surface area contributed by atoms with Crippen LogP contribution in [0, 0.1) is 5.82 Å². The molecule has 4 N–H and O–H groups in total. The minimum absolute atomic E-state index is 0.0126. The smallest absolute Gasteiger partial charge is 0.243 e. The molecule has 18 heavy (non-hydrogen) atoms. The highest BCUT2D eigenvalue weighted by Gasteiger charge is 2.20. The van der Waals surface area contributed by atoms with Crippen LogP contribution >= 0.6 is 15.9 Å². The molecule has 0 amide bonds. The zero-order valence-electron chi connectivity index (χ0n) is 9.49. The fourth-order valence-electron chi connectivity index (χ4n) is 1.27. The number of aliphatic hydroxyl groups is 1. The number of nitrogen functional groups attached to an aromatic ring is 1. The lowest BCUT2D eigenvalue weighted by Crippen LogP contribution is -2.26. The highest BCUT2D eigenvalue weighted by molar-refractivity contribution is 9.10. The van der Waals surface area contributed by atoms with Crippen molar-refractivity contribution in [2.75, 3.05) is 18.9 Å². The second-order valence-corrected chi connectivity index (χ2v) is 6.22. The summed E-state index contributed by atoms with van der Waals surface area (Å²) >= 11 is 3.01. The highest BCUT2D eigenvalue weighted by atomic mass is 79.9. The number of benzene rings is 1. The molecule has 0 fully saturated rings. The fourth-order valence-corrected chi connectivity index (χ4v) is 2.75. The molecule has 5 nitrogen and oxygen atoms in total. The number of aliphatic hydroxyl groups excluding tert-OH is 1. The topological polar surface area (TPSA) is 92.4 Å². The van der Waals surface area contributed by atoms with Crippen LogP contribution in [0.4, 0.5) is 10.1 Å². The second kappa shape index (κ2) is 6.46. The lowest BCUT2D eigenvalue weighted by Gasteiger charge is -2.09. The number of halogens is 2. The van der Waals surface area contributed by atoms with Crippen molar-refractivity contribution in [3.05, 3.63) is 22.4 Å². The Labute approximate surface area is 113 Å². The van der Waals surface area contributed by atoms with Crippen LogP contribution in [-0.2, 0) is 10.0 Å². The fraction of sp³-hybridized carbons (Fsp3) is 0.400. The number of hydrogen-bond donors (Lipinski definition) is 3. The van der Waals surface area contributed by atoms with Gasteiger partial charge in [-0.3, -0.25) is 0 Å². The van der Waals surface area contributed by atoms with Crippen molar-refractivity contribution in [1.82, 2.24) is 4.72 Å². The first kappa shape index (κ1) is 15.4. The van der Waals surface area contributed by atoms with Crippen molar-refractivity contribution in [2.24, 2.45) is 0 Å². The summed E-state index contributed by atoms with van der Waals surface area (Å²) in [4.78, 5) is -0.479. The van der Waals surface area contributed by atoms with Crippen molar-refractivity contribution < 1.29 is 17.9 Å². The van der Waals surface area contributed by atoms with Gasteiger partial charge < -0.3 is 10.8 Å². The summed E-state index contributed by atoms with van der Waals surface area (Å²) in [6.45, 7) is 0.125. The first-order valence-electron chi connectivity index (χ1n) is 5.23. The van der Waals surface area contributed by atoms with Gasteiger partial charge in [0.15, 0.2) is 0 Å². The van der Waals surface area contributed by atoms with Crippen molar-refractivity contribution in [3.8, 4) is 0 Å². The van der Waals surface area contributed by atoms with Gasteiger partial charge in [-0.05, 0) is 40.9 Å². The van der Waals surface area contributed by atoms with Crippen LogP contribution in [-0.4, -0.2) is 26.7 Å². The molecule has 0 spiro atoms. The van der Waals surface area contributed by atoms with Crippen LogP contribution < -0.4 is 10.5 Å². The van der Waals surface area contributed by atoms with E-state index in [0.29, 0.717) is 17.3 Å². The molecule has 1 rings (SSSR count). The van der Waals surface area contributed by atoms with Crippen LogP contribution in [0.3, 0.4) is 0 Å². The van der Waals surface area contributed by atoms with E-state index in [0.717, 1.165) is 12.1 Å². The number of nitrogens with one attached hydrogen (secondary N) is 1. The first-order chi connectivity index (χ1) is 8.38. The van der Waals surface area contributed by atoms with Crippen molar-refractivity contribution >= 4 is 31.6 Å². The Bertz CT molecular complexity index is 522. The summed E-state index contributed by atoms with van der Waals surface area (Å²) in [6, 6.07) is 2.07. The zero-order chi connectivity index (χ0) is 13.8. The maximum absolute atomic E-state index is 13.6. The lowest BCUT2D eigenvalue weighted by atomic mass is 10.3. The van der Waals surface area contributed by atoms with E-state index < -0.39 is 20.7 Å². The van der Waals surface area contributed by atoms with Crippen molar-refractivity contribution in [3.63, 3.8) is 0 Å². The first-order valence-corrected chi connectivity index (χ1v) is 7.51. The van der Waals surface area contributed by atoms with Crippen LogP contribution in [0.25, 0.3) is 0 Å². The van der Waals surface area contributed by atoms with Gasteiger partial charge in [0.05, 0.1) is 0 Å². The summed E-state index contributed by atoms with van der Waals surface area (Å²) in [6.07, 6.45) is 0.955. The van der Waals surface area contributed by atoms with Gasteiger partial charge in [-0.25, -0.2) is 17.5 Å². The van der Waals surface area contributed by atoms with Gasteiger partial charge >= 0.3 is 0 Å². The lowest BCUT2D eigenvalue weighted by molar-refractivity contribution is 0.285. The van der Waals surface area contributed by atoms with E-state index in [1.54, 1.807) is 0 Å². The molecule has 8 heteroatoms. The minimum atomic E-state index is -3.92. The van der Waals surface area contributed by atoms with Gasteiger partial charge in [-0.15, -0.1) is 0 Å². The molecule has 0 aliphatic rings. The predicted octanol–water partition coefficient (Wildman–Crippen LogP) is 1.22. The normalized spacial score (nSPS) is 11.7. The predicted molar refractivity (Wildman–Crippen MR) is 70.0 cm³/mol. The number of sulfonamides is 1. The number of nitrogens with two attached hydrogens (primary N) is 1. The summed E-state index contributed by atoms with van der Waals surface area (Å²) in [5.74, 6) is -0.870. The molecular formula is C10H14BrFN2O3S. The van der Waals surface area contributed by atoms with Crippen molar-refractivity contribution in [1.29, 1.82) is 0 Å². The molecule has 0 unspecified atom stereocenters. The number of rotatable bonds is 6. The summed E-state index contributed by atoms with van der Waals surface area (Å²) in [7, 11) is -3.92. The molecular weight excluding hydrogens is 327 g/mol. The van der Waals surface area contributed by atoms with Crippen LogP contribution in [0.1, 0.15) is 12.8 Å². The quantitative estimate of drug-likeness (QED) is 0.536. The number of hydrogen-bond acceptors (Lipinski definition) is 4. The van der Waals surface area contributed by atoms with Crippen LogP contribution in [0.15, 0.2) is 21.5 Å². The molecule has 0 heterocycles. The standard InChI is InChI=1S/C10H14BrFN2O3S/c11-7-5-8(12)10(6-9(7)13)18(16,17)14-3-1-2-4-15/h5-6,14-15H,1-4,13H2. The maximum atomic E-state index is 13.6. The Balaban J connectivity index is 2.88. The van der Waals surface area contributed by atoms with E-state index in [9.17, 15) is 12.8 Å². The monoisotopic (exact) mass is 340 g/mol. The SMILES string of the molecule is Nc1cc(S(=O)(=O)NCCCCO)c(F)cc1Br. The van der Waals surface area contributed by atoms with E-state index in [1.165, 1.54) is 0 Å². The molecule has 0 saturated heterocycles. The van der Waals surface area contributed by atoms with Gasteiger partial charge in [-0.1, -0.05) is 0 Å². The van der Waals surface area contributed by atoms with Gasteiger partial charge in [0.1, 0.15) is 10.7 Å². The van der Waals surface area contributed by atoms with Crippen molar-refractivity contribution in [2.45, 2.75) is 17.7 Å². The second-order valence-electron chi connectivity index (χ2n) is 3.63. The number of anilines is 1. The summed E-state index contributed by atoms with van der Waals surface area (Å²) in [5.41, 5.74) is 5.67. The maximum Gasteiger partial charge on any atom is 0.243 e. The average molecular weight is 341 g/mol. The molecule has 0 atom stereocenters. The summed E-state index contributed by atoms with van der Waals surface area (Å²) < 4.78 is 39.7. The molecule has 0 aliphatic heterocycles. The zero-order valence-corrected chi connectivity index (χ0v) is 11.9. The third kappa shape index (κ3) is 3.91. The third-order valence-electron chi connectivity index (χ3n) is 2.22. The largest absolute Gasteiger partial charge is 0.398 e. The van der Waals surface area contributed by atoms with E-state index in [-0.39, 0.29) is 18.8 Å². The van der Waals surface area contributed by atoms with E-state index in [4.69, 9.17) is 10.8 Å². The molecule has 1 aromatic carbocycles. The molecule has 0 aliphatic carbocycles. The Hall–Kier alpha value is -0.700. The van der Waals surface area contributed by atoms with E-state index in [2.05, 4.69) is 20.7 Å². The number of unbranched alkanes of at least 4 members (excludes halogenated alkanes) is 1. The Morgan fingerprint density at radius 2 is 2.06 bits per heavy atom. The van der Waals surface area contributed by atoms with Crippen LogP contribution in [0.2, 0.25) is 0 Å². The van der Waals surface area contributed by atoms with E-state index >= 15 is 0 Å². The summed E-state index contributed by atoms with van der Waals surface area (Å²) in [5, 5.41) is 8.56. The molecule has 102 valence electrons. The Morgan fingerprint density at radius 1 is 1.39 bits per heavy atom. The molecule has 1 aromatic rings. The molecule has 0 bridgehead atoms. The molecule has 0 saturated carbocycles. The van der Waals surface area contributed by atoms with Gasteiger partial charge in [0.2, 0.25) is 10.0 Å². The molecule has 0 radical (unpaired) electrons. The average Bonchev–Trinajstić information content (AvgIpc) is 2.29. The van der Waals surface area contributed by atoms with Gasteiger partial charge in [0, 0.05) is 23.3 Å². The molecule has 0 aromatic heterocycles. The highest BCUT2D eigenvalue weighted by Crippen LogP contribution is 2.25.